The van der Waals surface area contributed by atoms with E-state index < -0.39 is 0 Å². The first-order valence-electron chi connectivity index (χ1n) is 9.46. The van der Waals surface area contributed by atoms with Crippen LogP contribution < -0.4 is 5.32 Å². The number of hydrogen-bond acceptors (Lipinski definition) is 4. The number of nitrogens with one attached hydrogen (secondary N) is 1. The molecule has 2 rings (SSSR count). The van der Waals surface area contributed by atoms with Crippen LogP contribution in [0.15, 0.2) is 4.99 Å². The van der Waals surface area contributed by atoms with Gasteiger partial charge < -0.3 is 19.7 Å². The van der Waals surface area contributed by atoms with Gasteiger partial charge in [0.1, 0.15) is 0 Å². The molecule has 0 bridgehead atoms. The predicted octanol–water partition coefficient (Wildman–Crippen LogP) is 3.37. The number of methoxy groups -OCH3 is 1. The molecule has 1 saturated carbocycles. The highest BCUT2D eigenvalue weighted by Crippen LogP contribution is 2.42. The molecule has 0 aromatic carbocycles. The smallest absolute Gasteiger partial charge is 0.193 e. The Bertz CT molecular complexity index is 374. The molecule has 0 aromatic heterocycles. The van der Waals surface area contributed by atoms with Crippen LogP contribution in [0.1, 0.15) is 44.9 Å². The fourth-order valence-corrected chi connectivity index (χ4v) is 5.20. The predicted molar refractivity (Wildman–Crippen MR) is 119 cm³/mol. The monoisotopic (exact) mass is 485 g/mol. The van der Waals surface area contributed by atoms with Gasteiger partial charge in [0, 0.05) is 50.9 Å². The lowest BCUT2D eigenvalue weighted by molar-refractivity contribution is 0.0689. The molecule has 1 heterocycles. The van der Waals surface area contributed by atoms with E-state index in [2.05, 4.69) is 27.0 Å². The summed E-state index contributed by atoms with van der Waals surface area (Å²) in [6.07, 6.45) is 9.16. The van der Waals surface area contributed by atoms with Crippen molar-refractivity contribution >= 4 is 41.7 Å². The Morgan fingerprint density at radius 1 is 1.16 bits per heavy atom. The average Bonchev–Trinajstić information content (AvgIpc) is 2.61. The third kappa shape index (κ3) is 8.22. The molecule has 148 valence electrons. The lowest BCUT2D eigenvalue weighted by atomic mass is 9.87. The van der Waals surface area contributed by atoms with Gasteiger partial charge in [-0.2, -0.15) is 11.8 Å². The van der Waals surface area contributed by atoms with E-state index in [-0.39, 0.29) is 24.0 Å². The van der Waals surface area contributed by atoms with E-state index in [9.17, 15) is 0 Å². The van der Waals surface area contributed by atoms with Crippen LogP contribution in [0.25, 0.3) is 0 Å². The van der Waals surface area contributed by atoms with E-state index in [1.165, 1.54) is 37.9 Å². The molecule has 0 aromatic rings. The van der Waals surface area contributed by atoms with Crippen molar-refractivity contribution in [3.05, 3.63) is 0 Å². The molecule has 1 spiro atoms. The molecular weight excluding hydrogens is 449 g/mol. The number of guanidine groups is 1. The number of unbranched alkanes of at least 4 members (excludes halogenated alkanes) is 1. The van der Waals surface area contributed by atoms with E-state index >= 15 is 0 Å². The second-order valence-corrected chi connectivity index (χ2v) is 8.36. The molecule has 0 unspecified atom stereocenters. The highest BCUT2D eigenvalue weighted by molar-refractivity contribution is 14.0. The molecule has 1 aliphatic heterocycles. The molecule has 25 heavy (non-hydrogen) atoms. The molecule has 2 fully saturated rings. The molecule has 1 saturated heterocycles. The van der Waals surface area contributed by atoms with Gasteiger partial charge in [0.25, 0.3) is 0 Å². The number of rotatable bonds is 8. The SMILES string of the molecule is CN=C(NCCCCOCCOC)N1CCSC2(CCCCC2)C1.I. The summed E-state index contributed by atoms with van der Waals surface area (Å²) in [6, 6.07) is 0. The molecule has 1 N–H and O–H groups in total. The van der Waals surface area contributed by atoms with Crippen molar-refractivity contribution in [1.29, 1.82) is 0 Å². The van der Waals surface area contributed by atoms with Gasteiger partial charge in [0.05, 0.1) is 13.2 Å². The number of aliphatic imine (C=N–C) groups is 1. The average molecular weight is 485 g/mol. The van der Waals surface area contributed by atoms with Gasteiger partial charge >= 0.3 is 0 Å². The largest absolute Gasteiger partial charge is 0.382 e. The van der Waals surface area contributed by atoms with Crippen molar-refractivity contribution in [3.63, 3.8) is 0 Å². The van der Waals surface area contributed by atoms with E-state index in [0.717, 1.165) is 45.0 Å². The van der Waals surface area contributed by atoms with Gasteiger partial charge in [-0.15, -0.1) is 24.0 Å². The molecule has 2 aliphatic rings. The lowest BCUT2D eigenvalue weighted by Gasteiger charge is -2.45. The number of halogens is 1. The minimum absolute atomic E-state index is 0. The van der Waals surface area contributed by atoms with Gasteiger partial charge in [-0.05, 0) is 25.7 Å². The zero-order chi connectivity index (χ0) is 17.1. The van der Waals surface area contributed by atoms with Crippen molar-refractivity contribution < 1.29 is 9.47 Å². The van der Waals surface area contributed by atoms with Crippen molar-refractivity contribution in [2.45, 2.75) is 49.7 Å². The molecular formula is C18H36IN3O2S. The van der Waals surface area contributed by atoms with Crippen molar-refractivity contribution in [2.24, 2.45) is 4.99 Å². The number of ether oxygens (including phenoxy) is 2. The zero-order valence-corrected chi connectivity index (χ0v) is 19.1. The van der Waals surface area contributed by atoms with E-state index in [4.69, 9.17) is 9.47 Å². The second kappa shape index (κ2) is 13.4. The van der Waals surface area contributed by atoms with Gasteiger partial charge in [0.2, 0.25) is 0 Å². The van der Waals surface area contributed by atoms with Crippen LogP contribution in [0.5, 0.6) is 0 Å². The zero-order valence-electron chi connectivity index (χ0n) is 15.9. The topological polar surface area (TPSA) is 46.1 Å². The summed E-state index contributed by atoms with van der Waals surface area (Å²) >= 11 is 2.21. The van der Waals surface area contributed by atoms with Crippen LogP contribution in [0.3, 0.4) is 0 Å². The van der Waals surface area contributed by atoms with Crippen LogP contribution in [-0.2, 0) is 9.47 Å². The van der Waals surface area contributed by atoms with Crippen molar-refractivity contribution in [1.82, 2.24) is 10.2 Å². The Labute approximate surface area is 175 Å². The third-order valence-corrected chi connectivity index (χ3v) is 6.49. The minimum atomic E-state index is 0. The van der Waals surface area contributed by atoms with Crippen LogP contribution >= 0.6 is 35.7 Å². The Hall–Kier alpha value is 0.270. The third-order valence-electron chi connectivity index (χ3n) is 4.95. The Balaban J connectivity index is 0.00000312. The second-order valence-electron chi connectivity index (χ2n) is 6.80. The van der Waals surface area contributed by atoms with Crippen LogP contribution in [-0.4, -0.2) is 75.0 Å². The minimum Gasteiger partial charge on any atom is -0.382 e. The summed E-state index contributed by atoms with van der Waals surface area (Å²) in [7, 11) is 3.61. The van der Waals surface area contributed by atoms with Crippen LogP contribution in [0.4, 0.5) is 0 Å². The van der Waals surface area contributed by atoms with E-state index in [1.54, 1.807) is 7.11 Å². The van der Waals surface area contributed by atoms with Crippen molar-refractivity contribution in [3.8, 4) is 0 Å². The molecule has 0 amide bonds. The maximum absolute atomic E-state index is 5.50. The van der Waals surface area contributed by atoms with Crippen LogP contribution in [0, 0.1) is 0 Å². The first kappa shape index (κ1) is 23.3. The first-order valence-corrected chi connectivity index (χ1v) is 10.4. The highest BCUT2D eigenvalue weighted by Gasteiger charge is 2.38. The summed E-state index contributed by atoms with van der Waals surface area (Å²) in [6.45, 7) is 5.44. The molecule has 5 nitrogen and oxygen atoms in total. The standard InChI is InChI=1S/C18H35N3O2S.HI/c1-19-17(20-10-6-7-12-23-14-13-22-2)21-11-15-24-18(16-21)8-4-3-5-9-18;/h3-16H2,1-2H3,(H,19,20);1H. The van der Waals surface area contributed by atoms with E-state index in [1.807, 2.05) is 7.05 Å². The maximum atomic E-state index is 5.50. The summed E-state index contributed by atoms with van der Waals surface area (Å²) in [5, 5.41) is 3.55. The Morgan fingerprint density at radius 2 is 1.96 bits per heavy atom. The fraction of sp³-hybridized carbons (Fsp3) is 0.944. The van der Waals surface area contributed by atoms with E-state index in [0.29, 0.717) is 18.0 Å². The quantitative estimate of drug-likeness (QED) is 0.247. The van der Waals surface area contributed by atoms with Gasteiger partial charge in [-0.3, -0.25) is 4.99 Å². The molecule has 1 aliphatic carbocycles. The molecule has 7 heteroatoms. The first-order chi connectivity index (χ1) is 11.8. The van der Waals surface area contributed by atoms with Crippen molar-refractivity contribution in [2.75, 3.05) is 59.4 Å². The summed E-state index contributed by atoms with van der Waals surface area (Å²) in [4.78, 5) is 7.01. The Morgan fingerprint density at radius 3 is 2.68 bits per heavy atom. The fourth-order valence-electron chi connectivity index (χ4n) is 3.63. The summed E-state index contributed by atoms with van der Waals surface area (Å²) in [5.74, 6) is 2.31. The summed E-state index contributed by atoms with van der Waals surface area (Å²) < 4.78 is 11.0. The Kier molecular flexibility index (Phi) is 12.5. The molecule has 0 atom stereocenters. The normalized spacial score (nSPS) is 20.4. The van der Waals surface area contributed by atoms with Gasteiger partial charge in [0.15, 0.2) is 5.96 Å². The van der Waals surface area contributed by atoms with Gasteiger partial charge in [-0.1, -0.05) is 19.3 Å². The van der Waals surface area contributed by atoms with Crippen LogP contribution in [0.2, 0.25) is 0 Å². The number of nitrogens with zero attached hydrogens (tertiary/aromatic N) is 2. The molecule has 0 radical (unpaired) electrons. The maximum Gasteiger partial charge on any atom is 0.193 e. The highest BCUT2D eigenvalue weighted by atomic mass is 127. The lowest BCUT2D eigenvalue weighted by Crippen LogP contribution is -2.53. The summed E-state index contributed by atoms with van der Waals surface area (Å²) in [5.41, 5.74) is 0. The van der Waals surface area contributed by atoms with Gasteiger partial charge in [-0.25, -0.2) is 0 Å². The number of thioether (sulfide) groups is 1. The number of hydrogen-bond donors (Lipinski definition) is 1.